The lowest BCUT2D eigenvalue weighted by molar-refractivity contribution is 0.0696. The molecule has 0 bridgehead atoms. The predicted octanol–water partition coefficient (Wildman–Crippen LogP) is 3.49. The quantitative estimate of drug-likeness (QED) is 0.796. The van der Waals surface area contributed by atoms with Gasteiger partial charge in [0.25, 0.3) is 5.56 Å². The van der Waals surface area contributed by atoms with Crippen LogP contribution in [0.2, 0.25) is 0 Å². The van der Waals surface area contributed by atoms with Gasteiger partial charge in [-0.05, 0) is 50.1 Å². The molecule has 1 aromatic carbocycles. The number of benzene rings is 1. The number of nitrogens with zero attached hydrogens (tertiary/aromatic N) is 2. The zero-order chi connectivity index (χ0) is 18.1. The van der Waals surface area contributed by atoms with Crippen LogP contribution in [0.4, 0.5) is 0 Å². The number of pyridine rings is 1. The Morgan fingerprint density at radius 3 is 2.56 bits per heavy atom. The van der Waals surface area contributed by atoms with Crippen molar-refractivity contribution in [1.82, 2.24) is 9.38 Å². The molecule has 0 amide bonds. The van der Waals surface area contributed by atoms with Crippen molar-refractivity contribution >= 4 is 23.8 Å². The fraction of sp³-hybridized carbons (Fsp3) is 0.150. The highest BCUT2D eigenvalue weighted by Gasteiger charge is 2.10. The van der Waals surface area contributed by atoms with Crippen LogP contribution in [0.3, 0.4) is 0 Å². The highest BCUT2D eigenvalue weighted by atomic mass is 16.4. The third kappa shape index (κ3) is 3.21. The zero-order valence-electron chi connectivity index (χ0n) is 14.3. The first-order valence-corrected chi connectivity index (χ1v) is 7.88. The highest BCUT2D eigenvalue weighted by Crippen LogP contribution is 2.15. The summed E-state index contributed by atoms with van der Waals surface area (Å²) in [7, 11) is 0. The highest BCUT2D eigenvalue weighted by molar-refractivity contribution is 5.87. The molecular weight excluding hydrogens is 316 g/mol. The lowest BCUT2D eigenvalue weighted by atomic mass is 10.0. The van der Waals surface area contributed by atoms with Gasteiger partial charge in [0.2, 0.25) is 0 Å². The van der Waals surface area contributed by atoms with Crippen molar-refractivity contribution in [3.63, 3.8) is 0 Å². The second kappa shape index (κ2) is 6.36. The van der Waals surface area contributed by atoms with Gasteiger partial charge in [-0.3, -0.25) is 9.20 Å². The summed E-state index contributed by atoms with van der Waals surface area (Å²) in [5, 5.41) is 9.07. The molecule has 0 aliphatic rings. The van der Waals surface area contributed by atoms with Gasteiger partial charge in [-0.1, -0.05) is 29.8 Å². The molecule has 0 saturated heterocycles. The van der Waals surface area contributed by atoms with Crippen LogP contribution in [0.15, 0.2) is 41.3 Å². The molecule has 3 aromatic rings. The van der Waals surface area contributed by atoms with Crippen LogP contribution in [-0.2, 0) is 0 Å². The van der Waals surface area contributed by atoms with E-state index in [2.05, 4.69) is 11.1 Å². The lowest BCUT2D eigenvalue weighted by Crippen LogP contribution is -2.20. The summed E-state index contributed by atoms with van der Waals surface area (Å²) in [5.41, 5.74) is 4.66. The molecule has 126 valence electrons. The predicted molar refractivity (Wildman–Crippen MR) is 98.0 cm³/mol. The molecule has 25 heavy (non-hydrogen) atoms. The largest absolute Gasteiger partial charge is 0.478 e. The first-order valence-electron chi connectivity index (χ1n) is 7.88. The molecule has 0 radical (unpaired) electrons. The maximum absolute atomic E-state index is 12.5. The summed E-state index contributed by atoms with van der Waals surface area (Å²) >= 11 is 0. The van der Waals surface area contributed by atoms with Crippen molar-refractivity contribution in [2.24, 2.45) is 0 Å². The smallest absolute Gasteiger partial charge is 0.337 e. The summed E-state index contributed by atoms with van der Waals surface area (Å²) in [4.78, 5) is 28.1. The van der Waals surface area contributed by atoms with Gasteiger partial charge in [-0.15, -0.1) is 0 Å². The average Bonchev–Trinajstić information content (AvgIpc) is 2.57. The third-order valence-electron chi connectivity index (χ3n) is 4.18. The number of rotatable bonds is 3. The molecule has 1 N–H and O–H groups in total. The molecule has 0 saturated carbocycles. The van der Waals surface area contributed by atoms with Crippen molar-refractivity contribution in [3.05, 3.63) is 80.4 Å². The Labute approximate surface area is 144 Å². The Hall–Kier alpha value is -3.21. The Bertz CT molecular complexity index is 1080. The Balaban J connectivity index is 2.09. The molecule has 0 unspecified atom stereocenters. The summed E-state index contributed by atoms with van der Waals surface area (Å²) < 4.78 is 1.27. The molecule has 0 atom stereocenters. The molecule has 2 heterocycles. The van der Waals surface area contributed by atoms with Gasteiger partial charge in [0.15, 0.2) is 0 Å². The normalized spacial score (nSPS) is 11.3. The molecule has 5 heteroatoms. The van der Waals surface area contributed by atoms with Crippen LogP contribution < -0.4 is 5.56 Å². The fourth-order valence-electron chi connectivity index (χ4n) is 2.71. The summed E-state index contributed by atoms with van der Waals surface area (Å²) in [5.74, 6) is -1.08. The monoisotopic (exact) mass is 334 g/mol. The summed E-state index contributed by atoms with van der Waals surface area (Å²) in [6.45, 7) is 5.77. The van der Waals surface area contributed by atoms with E-state index in [4.69, 9.17) is 5.11 Å². The van der Waals surface area contributed by atoms with E-state index in [-0.39, 0.29) is 11.1 Å². The number of aromatic carboxylic acids is 1. The minimum atomic E-state index is -1.08. The van der Waals surface area contributed by atoms with Gasteiger partial charge in [-0.2, -0.15) is 0 Å². The van der Waals surface area contributed by atoms with E-state index in [1.807, 2.05) is 38.1 Å². The van der Waals surface area contributed by atoms with Crippen LogP contribution >= 0.6 is 0 Å². The third-order valence-corrected chi connectivity index (χ3v) is 4.18. The minimum Gasteiger partial charge on any atom is -0.478 e. The fourth-order valence-corrected chi connectivity index (χ4v) is 2.71. The van der Waals surface area contributed by atoms with E-state index in [0.717, 1.165) is 11.1 Å². The van der Waals surface area contributed by atoms with Crippen LogP contribution in [-0.4, -0.2) is 20.5 Å². The van der Waals surface area contributed by atoms with E-state index in [1.54, 1.807) is 13.0 Å². The van der Waals surface area contributed by atoms with E-state index in [1.165, 1.54) is 22.2 Å². The van der Waals surface area contributed by atoms with Gasteiger partial charge >= 0.3 is 5.97 Å². The Kier molecular flexibility index (Phi) is 4.23. The van der Waals surface area contributed by atoms with Gasteiger partial charge < -0.3 is 5.11 Å². The van der Waals surface area contributed by atoms with Gasteiger partial charge in [0, 0.05) is 11.8 Å². The number of aromatic nitrogens is 2. The number of hydrogen-bond acceptors (Lipinski definition) is 3. The first kappa shape index (κ1) is 16.6. The van der Waals surface area contributed by atoms with Crippen LogP contribution in [0.1, 0.15) is 38.3 Å². The molecule has 0 aliphatic heterocycles. The van der Waals surface area contributed by atoms with E-state index < -0.39 is 5.97 Å². The van der Waals surface area contributed by atoms with Crippen LogP contribution in [0.5, 0.6) is 0 Å². The van der Waals surface area contributed by atoms with E-state index in [9.17, 15) is 9.59 Å². The van der Waals surface area contributed by atoms with Crippen molar-refractivity contribution in [3.8, 4) is 0 Å². The number of fused-ring (bicyclic) bond motifs is 1. The van der Waals surface area contributed by atoms with Crippen molar-refractivity contribution in [2.45, 2.75) is 20.8 Å². The summed E-state index contributed by atoms with van der Waals surface area (Å²) in [6.07, 6.45) is 5.06. The van der Waals surface area contributed by atoms with Crippen LogP contribution in [0, 0.1) is 20.8 Å². The van der Waals surface area contributed by atoms with Crippen molar-refractivity contribution in [2.75, 3.05) is 0 Å². The zero-order valence-corrected chi connectivity index (χ0v) is 14.3. The molecule has 2 aromatic heterocycles. The molecule has 0 aliphatic carbocycles. The topological polar surface area (TPSA) is 71.7 Å². The van der Waals surface area contributed by atoms with E-state index >= 15 is 0 Å². The number of aryl methyl sites for hydroxylation is 2. The maximum Gasteiger partial charge on any atom is 0.337 e. The van der Waals surface area contributed by atoms with Gasteiger partial charge in [-0.25, -0.2) is 9.78 Å². The average molecular weight is 334 g/mol. The second-order valence-electron chi connectivity index (χ2n) is 6.07. The standard InChI is InChI=1S/C20H18N2O3/c1-12-4-5-15(13(2)10-12)6-8-17-14(3)19(23)22-11-16(20(24)25)7-9-18(22)21-17/h4-11H,1-3H3,(H,24,25)/b8-6+. The van der Waals surface area contributed by atoms with Crippen LogP contribution in [0.25, 0.3) is 17.8 Å². The number of carboxylic acid groups (broad SMARTS) is 1. The van der Waals surface area contributed by atoms with Gasteiger partial charge in [0.05, 0.1) is 11.3 Å². The number of carbonyl (C=O) groups is 1. The second-order valence-corrected chi connectivity index (χ2v) is 6.07. The molecule has 5 nitrogen and oxygen atoms in total. The number of hydrogen-bond donors (Lipinski definition) is 1. The molecule has 0 fully saturated rings. The van der Waals surface area contributed by atoms with Crippen molar-refractivity contribution < 1.29 is 9.90 Å². The minimum absolute atomic E-state index is 0.0503. The maximum atomic E-state index is 12.5. The van der Waals surface area contributed by atoms with Crippen molar-refractivity contribution in [1.29, 1.82) is 0 Å². The summed E-state index contributed by atoms with van der Waals surface area (Å²) in [6, 6.07) is 9.15. The lowest BCUT2D eigenvalue weighted by Gasteiger charge is -2.06. The molecular formula is C20H18N2O3. The number of carboxylic acids is 1. The Morgan fingerprint density at radius 1 is 1.12 bits per heavy atom. The van der Waals surface area contributed by atoms with Gasteiger partial charge in [0.1, 0.15) is 5.65 Å². The SMILES string of the molecule is Cc1ccc(/C=C/c2nc3ccc(C(=O)O)cn3c(=O)c2C)c(C)c1. The Morgan fingerprint density at radius 2 is 1.88 bits per heavy atom. The molecule has 0 spiro atoms. The molecule has 3 rings (SSSR count). The first-order chi connectivity index (χ1) is 11.9. The van der Waals surface area contributed by atoms with E-state index in [0.29, 0.717) is 16.9 Å².